The summed E-state index contributed by atoms with van der Waals surface area (Å²) in [6.07, 6.45) is -5.41. The number of likely N-dealkylation sites (N-methyl/N-ethyl adjacent to an activating group) is 1. The van der Waals surface area contributed by atoms with E-state index in [0.29, 0.717) is 6.54 Å². The van der Waals surface area contributed by atoms with E-state index >= 15 is 0 Å². The second-order valence-electron chi connectivity index (χ2n) is 8.64. The van der Waals surface area contributed by atoms with Gasteiger partial charge in [0.25, 0.3) is 5.91 Å². The SMILES string of the molecule is CCCN1C[C@H](C)[C@H](OC)CN(C)C(=O)c2ccc(NC(=O)CC(F)(F)F)cc2OC[C@H]1C. The van der Waals surface area contributed by atoms with Crippen molar-refractivity contribution in [2.75, 3.05) is 45.7 Å². The Morgan fingerprint density at radius 2 is 1.97 bits per heavy atom. The molecule has 1 aromatic carbocycles. The van der Waals surface area contributed by atoms with E-state index in [4.69, 9.17) is 9.47 Å². The lowest BCUT2D eigenvalue weighted by Gasteiger charge is -2.35. The molecule has 0 unspecified atom stereocenters. The molecule has 2 amide bonds. The smallest absolute Gasteiger partial charge is 0.397 e. The summed E-state index contributed by atoms with van der Waals surface area (Å²) < 4.78 is 49.2. The van der Waals surface area contributed by atoms with Crippen LogP contribution in [0.25, 0.3) is 0 Å². The van der Waals surface area contributed by atoms with Crippen LogP contribution >= 0.6 is 0 Å². The Labute approximate surface area is 193 Å². The number of rotatable bonds is 5. The zero-order valence-electron chi connectivity index (χ0n) is 19.9. The number of ether oxygens (including phenoxy) is 2. The number of nitrogens with one attached hydrogen (secondary N) is 1. The molecule has 0 aliphatic carbocycles. The number of methoxy groups -OCH3 is 1. The van der Waals surface area contributed by atoms with Crippen molar-refractivity contribution in [2.24, 2.45) is 5.92 Å². The Hall–Kier alpha value is -2.33. The number of anilines is 1. The van der Waals surface area contributed by atoms with Crippen molar-refractivity contribution in [3.05, 3.63) is 23.8 Å². The second kappa shape index (κ2) is 11.7. The summed E-state index contributed by atoms with van der Waals surface area (Å²) in [6, 6.07) is 4.28. The number of hydrogen-bond acceptors (Lipinski definition) is 5. The normalized spacial score (nSPS) is 23.2. The molecule has 1 N–H and O–H groups in total. The number of nitrogens with zero attached hydrogens (tertiary/aromatic N) is 2. The molecule has 0 saturated heterocycles. The summed E-state index contributed by atoms with van der Waals surface area (Å²) in [5.74, 6) is -1.10. The largest absolute Gasteiger partial charge is 0.491 e. The minimum atomic E-state index is -4.61. The highest BCUT2D eigenvalue weighted by atomic mass is 19.4. The molecular weight excluding hydrogens is 439 g/mol. The van der Waals surface area contributed by atoms with Gasteiger partial charge in [0, 0.05) is 45.0 Å². The summed E-state index contributed by atoms with van der Waals surface area (Å²) in [6.45, 7) is 8.49. The van der Waals surface area contributed by atoms with E-state index in [1.165, 1.54) is 18.2 Å². The maximum absolute atomic E-state index is 13.1. The number of hydrogen-bond donors (Lipinski definition) is 1. The van der Waals surface area contributed by atoms with Gasteiger partial charge in [0.2, 0.25) is 5.91 Å². The molecule has 0 bridgehead atoms. The standard InChI is InChI=1S/C23H34F3N3O4/c1-6-9-29-12-15(2)20(32-5)13-28(4)22(31)18-8-7-17(10-19(18)33-14-16(29)3)27-21(30)11-23(24,25)26/h7-8,10,15-16,20H,6,9,11-14H2,1-5H3,(H,27,30)/t15-,16+,20+/m0/s1. The van der Waals surface area contributed by atoms with Gasteiger partial charge in [-0.05, 0) is 37.9 Å². The molecule has 1 aromatic rings. The number of alkyl halides is 3. The van der Waals surface area contributed by atoms with Crippen LogP contribution in [0.3, 0.4) is 0 Å². The van der Waals surface area contributed by atoms with Crippen LogP contribution in [0.4, 0.5) is 18.9 Å². The highest BCUT2D eigenvalue weighted by Gasteiger charge is 2.32. The third kappa shape index (κ3) is 7.89. The van der Waals surface area contributed by atoms with Gasteiger partial charge in [-0.2, -0.15) is 13.2 Å². The molecule has 0 aromatic heterocycles. The van der Waals surface area contributed by atoms with Crippen molar-refractivity contribution >= 4 is 17.5 Å². The van der Waals surface area contributed by atoms with Crippen molar-refractivity contribution in [3.63, 3.8) is 0 Å². The van der Waals surface area contributed by atoms with Crippen molar-refractivity contribution in [2.45, 2.75) is 51.9 Å². The first-order chi connectivity index (χ1) is 15.4. The van der Waals surface area contributed by atoms with Gasteiger partial charge in [-0.1, -0.05) is 13.8 Å². The van der Waals surface area contributed by atoms with Crippen LogP contribution in [-0.4, -0.2) is 80.3 Å². The number of halogens is 3. The summed E-state index contributed by atoms with van der Waals surface area (Å²) in [7, 11) is 3.30. The summed E-state index contributed by atoms with van der Waals surface area (Å²) in [4.78, 5) is 28.7. The molecule has 10 heteroatoms. The number of fused-ring (bicyclic) bond motifs is 1. The van der Waals surface area contributed by atoms with Crippen LogP contribution in [-0.2, 0) is 9.53 Å². The van der Waals surface area contributed by atoms with E-state index in [9.17, 15) is 22.8 Å². The van der Waals surface area contributed by atoms with Crippen molar-refractivity contribution in [1.82, 2.24) is 9.80 Å². The lowest BCUT2D eigenvalue weighted by atomic mass is 10.0. The van der Waals surface area contributed by atoms with Crippen molar-refractivity contribution in [1.29, 1.82) is 0 Å². The molecule has 2 rings (SSSR count). The lowest BCUT2D eigenvalue weighted by molar-refractivity contribution is -0.150. The van der Waals surface area contributed by atoms with E-state index in [0.717, 1.165) is 19.5 Å². The topological polar surface area (TPSA) is 71.1 Å². The molecule has 0 spiro atoms. The highest BCUT2D eigenvalue weighted by Crippen LogP contribution is 2.28. The molecule has 0 fully saturated rings. The van der Waals surface area contributed by atoms with Gasteiger partial charge in [0.05, 0.1) is 11.7 Å². The van der Waals surface area contributed by atoms with E-state index in [2.05, 4.69) is 24.1 Å². The molecule has 1 aliphatic rings. The van der Waals surface area contributed by atoms with Crippen molar-refractivity contribution in [3.8, 4) is 5.75 Å². The summed E-state index contributed by atoms with van der Waals surface area (Å²) in [5, 5.41) is 2.23. The Balaban J connectivity index is 2.37. The number of amides is 2. The van der Waals surface area contributed by atoms with Gasteiger partial charge in [-0.25, -0.2) is 0 Å². The third-order valence-electron chi connectivity index (χ3n) is 5.73. The van der Waals surface area contributed by atoms with E-state index in [-0.39, 0.29) is 47.6 Å². The summed E-state index contributed by atoms with van der Waals surface area (Å²) in [5.41, 5.74) is 0.399. The Bertz CT molecular complexity index is 819. The minimum Gasteiger partial charge on any atom is -0.491 e. The van der Waals surface area contributed by atoms with Crippen molar-refractivity contribution < 1.29 is 32.2 Å². The molecule has 1 aliphatic heterocycles. The maximum atomic E-state index is 13.1. The highest BCUT2D eigenvalue weighted by molar-refractivity contribution is 5.98. The summed E-state index contributed by atoms with van der Waals surface area (Å²) >= 11 is 0. The average Bonchev–Trinajstić information content (AvgIpc) is 2.72. The van der Waals surface area contributed by atoms with Crippen LogP contribution in [0.5, 0.6) is 5.75 Å². The van der Waals surface area contributed by atoms with E-state index in [1.54, 1.807) is 19.1 Å². The molecule has 186 valence electrons. The van der Waals surface area contributed by atoms with Gasteiger partial charge >= 0.3 is 6.18 Å². The van der Waals surface area contributed by atoms with Crippen LogP contribution in [0.2, 0.25) is 0 Å². The van der Waals surface area contributed by atoms with Crippen LogP contribution in [0.15, 0.2) is 18.2 Å². The van der Waals surface area contributed by atoms with E-state index < -0.39 is 18.5 Å². The first kappa shape index (κ1) is 26.9. The van der Waals surface area contributed by atoms with Crippen LogP contribution < -0.4 is 10.1 Å². The van der Waals surface area contributed by atoms with Gasteiger partial charge < -0.3 is 19.7 Å². The zero-order chi connectivity index (χ0) is 24.8. The predicted molar refractivity (Wildman–Crippen MR) is 119 cm³/mol. The molecule has 1 heterocycles. The number of carbonyl (C=O) groups is 2. The monoisotopic (exact) mass is 473 g/mol. The first-order valence-corrected chi connectivity index (χ1v) is 11.1. The second-order valence-corrected chi connectivity index (χ2v) is 8.64. The van der Waals surface area contributed by atoms with E-state index in [1.807, 2.05) is 6.92 Å². The maximum Gasteiger partial charge on any atom is 0.397 e. The number of carbonyl (C=O) groups excluding carboxylic acids is 2. The molecule has 3 atom stereocenters. The first-order valence-electron chi connectivity index (χ1n) is 11.1. The van der Waals surface area contributed by atoms with Gasteiger partial charge in [0.15, 0.2) is 0 Å². The van der Waals surface area contributed by atoms with Gasteiger partial charge in [-0.3, -0.25) is 14.5 Å². The predicted octanol–water partition coefficient (Wildman–Crippen LogP) is 3.79. The molecule has 7 nitrogen and oxygen atoms in total. The van der Waals surface area contributed by atoms with Crippen LogP contribution in [0, 0.1) is 5.92 Å². The quantitative estimate of drug-likeness (QED) is 0.705. The Morgan fingerprint density at radius 1 is 1.27 bits per heavy atom. The molecule has 0 radical (unpaired) electrons. The Kier molecular flexibility index (Phi) is 9.54. The minimum absolute atomic E-state index is 0.0218. The fourth-order valence-corrected chi connectivity index (χ4v) is 3.91. The van der Waals surface area contributed by atoms with Gasteiger partial charge in [0.1, 0.15) is 18.8 Å². The average molecular weight is 474 g/mol. The fraction of sp³-hybridized carbons (Fsp3) is 0.652. The lowest BCUT2D eigenvalue weighted by Crippen LogP contribution is -2.46. The molecule has 33 heavy (non-hydrogen) atoms. The fourth-order valence-electron chi connectivity index (χ4n) is 3.91. The zero-order valence-corrected chi connectivity index (χ0v) is 19.9. The third-order valence-corrected chi connectivity index (χ3v) is 5.73. The molecular formula is C23H34F3N3O4. The van der Waals surface area contributed by atoms with Gasteiger partial charge in [-0.15, -0.1) is 0 Å². The molecule has 0 saturated carbocycles. The van der Waals surface area contributed by atoms with Crippen LogP contribution in [0.1, 0.15) is 44.0 Å². The Morgan fingerprint density at radius 3 is 2.58 bits per heavy atom. The number of benzene rings is 1.